The molecule has 0 saturated carbocycles. The van der Waals surface area contributed by atoms with Gasteiger partial charge in [0.15, 0.2) is 11.2 Å². The number of hydrogen-bond acceptors (Lipinski definition) is 5. The second-order valence-electron chi connectivity index (χ2n) is 5.21. The first-order chi connectivity index (χ1) is 11.7. The summed E-state index contributed by atoms with van der Waals surface area (Å²) < 4.78 is 16.0. The van der Waals surface area contributed by atoms with E-state index in [0.29, 0.717) is 37.1 Å². The number of nitrogens with one attached hydrogen (secondary N) is 1. The van der Waals surface area contributed by atoms with Crippen LogP contribution in [-0.2, 0) is 11.3 Å². The first-order valence-electron chi connectivity index (χ1n) is 7.65. The first kappa shape index (κ1) is 16.0. The smallest absolute Gasteiger partial charge is 0.287 e. The zero-order valence-electron chi connectivity index (χ0n) is 13.0. The van der Waals surface area contributed by atoms with Gasteiger partial charge in [-0.1, -0.05) is 12.1 Å². The summed E-state index contributed by atoms with van der Waals surface area (Å²) in [6, 6.07) is 11.7. The highest BCUT2D eigenvalue weighted by atomic mass is 16.5. The van der Waals surface area contributed by atoms with Gasteiger partial charge in [0.1, 0.15) is 18.0 Å². The highest BCUT2D eigenvalue weighted by Crippen LogP contribution is 2.11. The molecule has 2 aromatic heterocycles. The molecule has 0 bridgehead atoms. The van der Waals surface area contributed by atoms with Crippen LogP contribution in [0.15, 0.2) is 62.4 Å². The monoisotopic (exact) mass is 327 g/mol. The number of hydrogen-bond donors (Lipinski definition) is 1. The van der Waals surface area contributed by atoms with E-state index in [-0.39, 0.29) is 11.2 Å². The Morgan fingerprint density at radius 1 is 1.17 bits per heavy atom. The number of furan rings is 1. The van der Waals surface area contributed by atoms with Crippen molar-refractivity contribution in [3.63, 3.8) is 0 Å². The van der Waals surface area contributed by atoms with E-state index in [1.165, 1.54) is 6.07 Å². The number of carbonyl (C=O) groups excluding carboxylic acids is 1. The Hall–Kier alpha value is -2.86. The third-order valence-electron chi connectivity index (χ3n) is 3.43. The van der Waals surface area contributed by atoms with Gasteiger partial charge in [0.05, 0.1) is 11.6 Å². The van der Waals surface area contributed by atoms with Gasteiger partial charge in [-0.15, -0.1) is 0 Å². The topological polar surface area (TPSA) is 81.7 Å². The second kappa shape index (κ2) is 7.61. The van der Waals surface area contributed by atoms with Crippen LogP contribution in [0, 0.1) is 0 Å². The van der Waals surface area contributed by atoms with Gasteiger partial charge >= 0.3 is 0 Å². The Morgan fingerprint density at radius 3 is 2.88 bits per heavy atom. The van der Waals surface area contributed by atoms with Crippen LogP contribution in [0.4, 0.5) is 0 Å². The zero-order chi connectivity index (χ0) is 16.8. The number of para-hydroxylation sites is 1. The lowest BCUT2D eigenvalue weighted by molar-refractivity contribution is 0.0894. The number of amides is 1. The third-order valence-corrected chi connectivity index (χ3v) is 3.43. The number of benzene rings is 1. The summed E-state index contributed by atoms with van der Waals surface area (Å²) in [5.74, 6) is 0.357. The van der Waals surface area contributed by atoms with Crippen LogP contribution in [0.5, 0.6) is 0 Å². The Balaban J connectivity index is 1.47. The van der Waals surface area contributed by atoms with Crippen LogP contribution >= 0.6 is 0 Å². The molecule has 6 nitrogen and oxygen atoms in total. The van der Waals surface area contributed by atoms with E-state index in [0.717, 1.165) is 5.76 Å². The summed E-state index contributed by atoms with van der Waals surface area (Å²) in [6.45, 7) is 1.32. The lowest BCUT2D eigenvalue weighted by atomic mass is 10.2. The number of fused-ring (bicyclic) bond motifs is 1. The summed E-state index contributed by atoms with van der Waals surface area (Å²) in [5, 5.41) is 3.17. The molecule has 3 rings (SSSR count). The van der Waals surface area contributed by atoms with Crippen molar-refractivity contribution in [1.29, 1.82) is 0 Å². The molecule has 0 atom stereocenters. The van der Waals surface area contributed by atoms with E-state index < -0.39 is 5.91 Å². The molecule has 0 unspecified atom stereocenters. The minimum absolute atomic E-state index is 0.00945. The van der Waals surface area contributed by atoms with Gasteiger partial charge in [-0.05, 0) is 30.7 Å². The molecule has 0 radical (unpaired) electrons. The van der Waals surface area contributed by atoms with Crippen LogP contribution in [0.2, 0.25) is 0 Å². The van der Waals surface area contributed by atoms with Gasteiger partial charge in [0, 0.05) is 19.2 Å². The largest absolute Gasteiger partial charge is 0.467 e. The molecule has 24 heavy (non-hydrogen) atoms. The number of ether oxygens (including phenoxy) is 1. The summed E-state index contributed by atoms with van der Waals surface area (Å²) in [5.41, 5.74) is 0.167. The first-order valence-corrected chi connectivity index (χ1v) is 7.65. The maximum absolute atomic E-state index is 12.1. The molecule has 0 saturated heterocycles. The fraction of sp³-hybridized carbons (Fsp3) is 0.222. The van der Waals surface area contributed by atoms with Crippen molar-refractivity contribution in [2.24, 2.45) is 0 Å². The molecule has 1 aromatic carbocycles. The Bertz CT molecular complexity index is 867. The average molecular weight is 327 g/mol. The number of rotatable bonds is 7. The highest BCUT2D eigenvalue weighted by molar-refractivity contribution is 5.93. The maximum Gasteiger partial charge on any atom is 0.287 e. The lowest BCUT2D eigenvalue weighted by Crippen LogP contribution is -2.26. The van der Waals surface area contributed by atoms with Gasteiger partial charge < -0.3 is 18.9 Å². The fourth-order valence-electron chi connectivity index (χ4n) is 2.25. The SMILES string of the molecule is O=C(NCCCOCc1ccco1)c1cc(=O)c2ccccc2o1. The molecule has 0 aliphatic carbocycles. The van der Waals surface area contributed by atoms with E-state index in [9.17, 15) is 9.59 Å². The summed E-state index contributed by atoms with van der Waals surface area (Å²) in [7, 11) is 0. The molecule has 6 heteroatoms. The van der Waals surface area contributed by atoms with Crippen molar-refractivity contribution in [3.05, 3.63) is 70.5 Å². The quantitative estimate of drug-likeness (QED) is 0.675. The van der Waals surface area contributed by atoms with Gasteiger partial charge in [-0.25, -0.2) is 0 Å². The minimum atomic E-state index is -0.413. The highest BCUT2D eigenvalue weighted by Gasteiger charge is 2.11. The van der Waals surface area contributed by atoms with Crippen molar-refractivity contribution in [1.82, 2.24) is 5.32 Å². The van der Waals surface area contributed by atoms with Crippen molar-refractivity contribution in [2.75, 3.05) is 13.2 Å². The van der Waals surface area contributed by atoms with E-state index >= 15 is 0 Å². The van der Waals surface area contributed by atoms with E-state index in [1.807, 2.05) is 6.07 Å². The van der Waals surface area contributed by atoms with Crippen molar-refractivity contribution >= 4 is 16.9 Å². The predicted octanol–water partition coefficient (Wildman–Crippen LogP) is 2.72. The fourth-order valence-corrected chi connectivity index (χ4v) is 2.25. The van der Waals surface area contributed by atoms with Gasteiger partial charge in [-0.2, -0.15) is 0 Å². The molecule has 0 aliphatic heterocycles. The number of carbonyl (C=O) groups is 1. The van der Waals surface area contributed by atoms with Crippen LogP contribution < -0.4 is 10.7 Å². The predicted molar refractivity (Wildman–Crippen MR) is 87.8 cm³/mol. The summed E-state index contributed by atoms with van der Waals surface area (Å²) in [6.07, 6.45) is 2.24. The third kappa shape index (κ3) is 3.91. The van der Waals surface area contributed by atoms with Crippen LogP contribution in [-0.4, -0.2) is 19.1 Å². The van der Waals surface area contributed by atoms with E-state index in [1.54, 1.807) is 36.6 Å². The molecule has 0 spiro atoms. The molecule has 1 amide bonds. The molecule has 1 N–H and O–H groups in total. The maximum atomic E-state index is 12.1. The molecule has 3 aromatic rings. The molecule has 2 heterocycles. The lowest BCUT2D eigenvalue weighted by Gasteiger charge is -2.06. The Labute approximate surface area is 138 Å². The molecule has 124 valence electrons. The summed E-state index contributed by atoms with van der Waals surface area (Å²) in [4.78, 5) is 24.0. The minimum Gasteiger partial charge on any atom is -0.467 e. The van der Waals surface area contributed by atoms with Crippen LogP contribution in [0.3, 0.4) is 0 Å². The van der Waals surface area contributed by atoms with E-state index in [2.05, 4.69) is 5.32 Å². The summed E-state index contributed by atoms with van der Waals surface area (Å²) >= 11 is 0. The van der Waals surface area contributed by atoms with Gasteiger partial charge in [0.2, 0.25) is 0 Å². The normalized spacial score (nSPS) is 10.8. The average Bonchev–Trinajstić information content (AvgIpc) is 3.11. The van der Waals surface area contributed by atoms with Crippen molar-refractivity contribution in [2.45, 2.75) is 13.0 Å². The molecular weight excluding hydrogens is 310 g/mol. The second-order valence-corrected chi connectivity index (χ2v) is 5.21. The standard InChI is InChI=1S/C18H17NO5/c20-15-11-17(24-16-7-2-1-6-14(15)16)18(21)19-8-4-9-22-12-13-5-3-10-23-13/h1-3,5-7,10-11H,4,8-9,12H2,(H,19,21). The Kier molecular flexibility index (Phi) is 5.08. The molecular formula is C18H17NO5. The molecule has 0 aliphatic rings. The zero-order valence-corrected chi connectivity index (χ0v) is 13.0. The Morgan fingerprint density at radius 2 is 2.04 bits per heavy atom. The van der Waals surface area contributed by atoms with Crippen LogP contribution in [0.1, 0.15) is 22.7 Å². The van der Waals surface area contributed by atoms with Crippen molar-refractivity contribution in [3.8, 4) is 0 Å². The van der Waals surface area contributed by atoms with Crippen molar-refractivity contribution < 1.29 is 18.4 Å². The van der Waals surface area contributed by atoms with E-state index in [4.69, 9.17) is 13.6 Å². The molecule has 0 fully saturated rings. The van der Waals surface area contributed by atoms with Gasteiger partial charge in [0.25, 0.3) is 5.91 Å². The van der Waals surface area contributed by atoms with Gasteiger partial charge in [-0.3, -0.25) is 9.59 Å². The van der Waals surface area contributed by atoms with Crippen LogP contribution in [0.25, 0.3) is 11.0 Å².